The van der Waals surface area contributed by atoms with Crippen LogP contribution in [-0.2, 0) is 0 Å². The van der Waals surface area contributed by atoms with E-state index in [1.807, 2.05) is 37.2 Å². The molecule has 1 rings (SSSR count). The van der Waals surface area contributed by atoms with E-state index in [1.54, 1.807) is 6.20 Å². The first-order valence-electron chi connectivity index (χ1n) is 3.61. The maximum absolute atomic E-state index is 4.18. The molecule has 0 aromatic carbocycles. The fraction of sp³-hybridized carbons (Fsp3) is 0.375. The van der Waals surface area contributed by atoms with E-state index in [2.05, 4.69) is 10.3 Å². The zero-order chi connectivity index (χ0) is 8.10. The van der Waals surface area contributed by atoms with E-state index in [1.165, 1.54) is 0 Å². The molecule has 1 N–H and O–H groups in total. The van der Waals surface area contributed by atoms with Gasteiger partial charge in [0.25, 0.3) is 0 Å². The number of nitrogens with zero attached hydrogens (tertiary/aromatic N) is 2. The molecule has 0 unspecified atom stereocenters. The molecular weight excluding hydrogens is 138 g/mol. The third kappa shape index (κ3) is 2.20. The van der Waals surface area contributed by atoms with Crippen molar-refractivity contribution in [1.29, 1.82) is 0 Å². The summed E-state index contributed by atoms with van der Waals surface area (Å²) in [5, 5.41) is 3.05. The van der Waals surface area contributed by atoms with Crippen LogP contribution < -0.4 is 10.2 Å². The summed E-state index contributed by atoms with van der Waals surface area (Å²) in [5.41, 5.74) is 0. The lowest BCUT2D eigenvalue weighted by molar-refractivity contribution is 0.767. The van der Waals surface area contributed by atoms with Crippen molar-refractivity contribution in [3.8, 4) is 0 Å². The first-order valence-corrected chi connectivity index (χ1v) is 3.61. The van der Waals surface area contributed by atoms with Gasteiger partial charge in [0.15, 0.2) is 0 Å². The monoisotopic (exact) mass is 151 g/mol. The van der Waals surface area contributed by atoms with Crippen molar-refractivity contribution in [3.05, 3.63) is 24.4 Å². The van der Waals surface area contributed by atoms with Crippen LogP contribution in [0.4, 0.5) is 5.82 Å². The number of anilines is 1. The summed E-state index contributed by atoms with van der Waals surface area (Å²) in [5.74, 6) is 0.988. The van der Waals surface area contributed by atoms with E-state index in [9.17, 15) is 0 Å². The fourth-order valence-corrected chi connectivity index (χ4v) is 0.898. The minimum atomic E-state index is 0.816. The van der Waals surface area contributed by atoms with Crippen molar-refractivity contribution in [2.24, 2.45) is 0 Å². The highest BCUT2D eigenvalue weighted by molar-refractivity contribution is 5.35. The molecular formula is C8H13N3. The molecule has 3 nitrogen and oxygen atoms in total. The predicted molar refractivity (Wildman–Crippen MR) is 46.6 cm³/mol. The molecule has 3 heteroatoms. The highest BCUT2D eigenvalue weighted by atomic mass is 15.2. The van der Waals surface area contributed by atoms with E-state index >= 15 is 0 Å². The normalized spacial score (nSPS) is 9.64. The summed E-state index contributed by atoms with van der Waals surface area (Å²) >= 11 is 0. The lowest BCUT2D eigenvalue weighted by Crippen LogP contribution is -2.28. The van der Waals surface area contributed by atoms with Gasteiger partial charge < -0.3 is 10.2 Å². The Morgan fingerprint density at radius 3 is 2.91 bits per heavy atom. The van der Waals surface area contributed by atoms with Crippen LogP contribution in [0.2, 0.25) is 0 Å². The Morgan fingerprint density at radius 1 is 1.55 bits per heavy atom. The lowest BCUT2D eigenvalue weighted by Gasteiger charge is -2.16. The molecule has 0 bridgehead atoms. The summed E-state index contributed by atoms with van der Waals surface area (Å²) in [7, 11) is 3.91. The molecule has 0 atom stereocenters. The van der Waals surface area contributed by atoms with Crippen LogP contribution in [0.3, 0.4) is 0 Å². The van der Waals surface area contributed by atoms with Gasteiger partial charge in [0, 0.05) is 13.2 Å². The van der Waals surface area contributed by atoms with Gasteiger partial charge in [-0.15, -0.1) is 0 Å². The van der Waals surface area contributed by atoms with Crippen LogP contribution in [0.5, 0.6) is 0 Å². The maximum atomic E-state index is 4.18. The Bertz CT molecular complexity index is 198. The molecule has 1 aromatic heterocycles. The average Bonchev–Trinajstić information content (AvgIpc) is 2.07. The molecule has 0 aliphatic rings. The Balaban J connectivity index is 2.61. The zero-order valence-corrected chi connectivity index (χ0v) is 6.91. The van der Waals surface area contributed by atoms with E-state index in [0.29, 0.717) is 0 Å². The number of hydrogen-bond acceptors (Lipinski definition) is 3. The average molecular weight is 151 g/mol. The largest absolute Gasteiger partial charge is 0.347 e. The second-order valence-corrected chi connectivity index (χ2v) is 2.40. The number of hydrogen-bond donors (Lipinski definition) is 1. The second-order valence-electron chi connectivity index (χ2n) is 2.40. The van der Waals surface area contributed by atoms with Crippen molar-refractivity contribution in [2.45, 2.75) is 0 Å². The molecule has 0 saturated heterocycles. The molecule has 1 heterocycles. The molecule has 0 fully saturated rings. The molecule has 11 heavy (non-hydrogen) atoms. The van der Waals surface area contributed by atoms with E-state index < -0.39 is 0 Å². The van der Waals surface area contributed by atoms with Gasteiger partial charge >= 0.3 is 0 Å². The topological polar surface area (TPSA) is 28.2 Å². The van der Waals surface area contributed by atoms with Crippen molar-refractivity contribution < 1.29 is 0 Å². The van der Waals surface area contributed by atoms with Gasteiger partial charge in [-0.1, -0.05) is 6.07 Å². The number of nitrogens with one attached hydrogen (secondary N) is 1. The summed E-state index contributed by atoms with van der Waals surface area (Å²) in [6, 6.07) is 5.88. The SMILES string of the molecule is CNCN(C)c1ccccn1. The summed E-state index contributed by atoms with van der Waals surface area (Å²) in [6.07, 6.45) is 1.79. The molecule has 60 valence electrons. The Morgan fingerprint density at radius 2 is 2.36 bits per heavy atom. The van der Waals surface area contributed by atoms with Gasteiger partial charge in [-0.2, -0.15) is 0 Å². The van der Waals surface area contributed by atoms with Crippen molar-refractivity contribution in [3.63, 3.8) is 0 Å². The molecule has 1 aromatic rings. The van der Waals surface area contributed by atoms with E-state index in [0.717, 1.165) is 12.5 Å². The molecule has 0 saturated carbocycles. The van der Waals surface area contributed by atoms with Gasteiger partial charge in [0.05, 0.1) is 6.67 Å². The van der Waals surface area contributed by atoms with Gasteiger partial charge in [-0.3, -0.25) is 0 Å². The van der Waals surface area contributed by atoms with E-state index in [4.69, 9.17) is 0 Å². The standard InChI is InChI=1S/C8H13N3/c1-9-7-11(2)8-5-3-4-6-10-8/h3-6,9H,7H2,1-2H3. The summed E-state index contributed by atoms with van der Waals surface area (Å²) < 4.78 is 0. The number of rotatable bonds is 3. The zero-order valence-electron chi connectivity index (χ0n) is 6.91. The van der Waals surface area contributed by atoms with Crippen LogP contribution in [0.25, 0.3) is 0 Å². The quantitative estimate of drug-likeness (QED) is 0.644. The Labute approximate surface area is 67.1 Å². The molecule has 0 radical (unpaired) electrons. The highest BCUT2D eigenvalue weighted by Crippen LogP contribution is 2.03. The maximum Gasteiger partial charge on any atom is 0.129 e. The fourth-order valence-electron chi connectivity index (χ4n) is 0.898. The van der Waals surface area contributed by atoms with Gasteiger partial charge in [-0.05, 0) is 19.2 Å². The van der Waals surface area contributed by atoms with Crippen molar-refractivity contribution >= 4 is 5.82 Å². The van der Waals surface area contributed by atoms with Crippen LogP contribution >= 0.6 is 0 Å². The number of aromatic nitrogens is 1. The number of pyridine rings is 1. The van der Waals surface area contributed by atoms with Crippen LogP contribution in [-0.4, -0.2) is 25.7 Å². The smallest absolute Gasteiger partial charge is 0.129 e. The van der Waals surface area contributed by atoms with E-state index in [-0.39, 0.29) is 0 Å². The minimum absolute atomic E-state index is 0.816. The summed E-state index contributed by atoms with van der Waals surface area (Å²) in [4.78, 5) is 6.22. The second kappa shape index (κ2) is 3.93. The van der Waals surface area contributed by atoms with Gasteiger partial charge in [0.2, 0.25) is 0 Å². The minimum Gasteiger partial charge on any atom is -0.347 e. The molecule has 0 spiro atoms. The van der Waals surface area contributed by atoms with Crippen molar-refractivity contribution in [1.82, 2.24) is 10.3 Å². The molecule has 0 aliphatic carbocycles. The van der Waals surface area contributed by atoms with Crippen molar-refractivity contribution in [2.75, 3.05) is 25.7 Å². The Hall–Kier alpha value is -1.09. The predicted octanol–water partition coefficient (Wildman–Crippen LogP) is 0.695. The third-order valence-electron chi connectivity index (χ3n) is 1.44. The first kappa shape index (κ1) is 8.01. The lowest BCUT2D eigenvalue weighted by atomic mass is 10.4. The van der Waals surface area contributed by atoms with Crippen LogP contribution in [0.15, 0.2) is 24.4 Å². The van der Waals surface area contributed by atoms with Gasteiger partial charge in [-0.25, -0.2) is 4.98 Å². The van der Waals surface area contributed by atoms with Crippen LogP contribution in [0, 0.1) is 0 Å². The third-order valence-corrected chi connectivity index (χ3v) is 1.44. The Kier molecular flexibility index (Phi) is 2.86. The summed E-state index contributed by atoms with van der Waals surface area (Å²) in [6.45, 7) is 0.816. The van der Waals surface area contributed by atoms with Crippen LogP contribution in [0.1, 0.15) is 0 Å². The van der Waals surface area contributed by atoms with Gasteiger partial charge in [0.1, 0.15) is 5.82 Å². The molecule has 0 aliphatic heterocycles. The first-order chi connectivity index (χ1) is 5.34. The highest BCUT2D eigenvalue weighted by Gasteiger charge is 1.96. The molecule has 0 amide bonds.